The largest absolute Gasteiger partial charge is 0.318 e. The first-order valence-corrected chi connectivity index (χ1v) is 6.21. The van der Waals surface area contributed by atoms with Gasteiger partial charge < -0.3 is 4.57 Å². The lowest BCUT2D eigenvalue weighted by Gasteiger charge is -2.06. The van der Waals surface area contributed by atoms with Crippen LogP contribution in [0.15, 0.2) is 11.1 Å². The Kier molecular flexibility index (Phi) is 4.80. The molecule has 2 heterocycles. The summed E-state index contributed by atoms with van der Waals surface area (Å²) in [5, 5.41) is 2.54. The van der Waals surface area contributed by atoms with E-state index in [1.165, 1.54) is 6.33 Å². The van der Waals surface area contributed by atoms with Gasteiger partial charge in [0.2, 0.25) is 11.9 Å². The molecule has 0 fully saturated rings. The molecule has 2 aromatic heterocycles. The molecule has 0 spiro atoms. The van der Waals surface area contributed by atoms with Gasteiger partial charge in [-0.25, -0.2) is 4.98 Å². The van der Waals surface area contributed by atoms with E-state index in [-0.39, 0.29) is 28.8 Å². The van der Waals surface area contributed by atoms with Gasteiger partial charge in [0, 0.05) is 13.0 Å². The molecule has 2 aromatic rings. The summed E-state index contributed by atoms with van der Waals surface area (Å²) >= 11 is 0. The van der Waals surface area contributed by atoms with Crippen molar-refractivity contribution in [3.63, 3.8) is 0 Å². The van der Waals surface area contributed by atoms with Crippen LogP contribution >= 0.6 is 0 Å². The molecule has 1 amide bonds. The molecule has 19 heavy (non-hydrogen) atoms. The maximum absolute atomic E-state index is 11.6. The molecule has 7 heteroatoms. The number of anilines is 1. The number of rotatable bonds is 2. The third-order valence-corrected chi connectivity index (χ3v) is 2.34. The SMILES string of the molecule is CC.CC(C)C(=O)Nc1nc2c(ncn2C)c(=O)[nH]1. The maximum atomic E-state index is 11.6. The second-order valence-corrected chi connectivity index (χ2v) is 4.09. The minimum Gasteiger partial charge on any atom is -0.318 e. The summed E-state index contributed by atoms with van der Waals surface area (Å²) in [6.45, 7) is 7.52. The predicted octanol–water partition coefficient (Wildman–Crippen LogP) is 1.28. The van der Waals surface area contributed by atoms with E-state index < -0.39 is 0 Å². The average Bonchev–Trinajstić information content (AvgIpc) is 2.74. The number of nitrogens with zero attached hydrogens (tertiary/aromatic N) is 3. The van der Waals surface area contributed by atoms with Crippen LogP contribution in [0.1, 0.15) is 27.7 Å². The third-order valence-electron chi connectivity index (χ3n) is 2.34. The van der Waals surface area contributed by atoms with Crippen molar-refractivity contribution < 1.29 is 4.79 Å². The Balaban J connectivity index is 0.000000861. The lowest BCUT2D eigenvalue weighted by atomic mass is 10.2. The van der Waals surface area contributed by atoms with Crippen LogP contribution in [0, 0.1) is 5.92 Å². The zero-order valence-corrected chi connectivity index (χ0v) is 11.8. The summed E-state index contributed by atoms with van der Waals surface area (Å²) in [7, 11) is 1.73. The Morgan fingerprint density at radius 2 is 2.05 bits per heavy atom. The van der Waals surface area contributed by atoms with Gasteiger partial charge in [-0.15, -0.1) is 0 Å². The van der Waals surface area contributed by atoms with E-state index >= 15 is 0 Å². The fourth-order valence-electron chi connectivity index (χ4n) is 1.34. The van der Waals surface area contributed by atoms with E-state index in [0.717, 1.165) is 0 Å². The number of carbonyl (C=O) groups excluding carboxylic acids is 1. The number of H-pyrrole nitrogens is 1. The molecule has 0 aromatic carbocycles. The van der Waals surface area contributed by atoms with Crippen LogP contribution in [0.3, 0.4) is 0 Å². The van der Waals surface area contributed by atoms with Crippen molar-refractivity contribution in [1.82, 2.24) is 19.5 Å². The molecule has 2 N–H and O–H groups in total. The zero-order valence-electron chi connectivity index (χ0n) is 11.8. The van der Waals surface area contributed by atoms with Crippen molar-refractivity contribution in [2.75, 3.05) is 5.32 Å². The highest BCUT2D eigenvalue weighted by Crippen LogP contribution is 2.06. The second kappa shape index (κ2) is 6.12. The van der Waals surface area contributed by atoms with E-state index in [1.807, 2.05) is 13.8 Å². The summed E-state index contributed by atoms with van der Waals surface area (Å²) < 4.78 is 1.62. The van der Waals surface area contributed by atoms with Crippen molar-refractivity contribution in [1.29, 1.82) is 0 Å². The first kappa shape index (κ1) is 14.9. The minimum absolute atomic E-state index is 0.143. The molecule has 0 radical (unpaired) electrons. The van der Waals surface area contributed by atoms with Gasteiger partial charge in [-0.1, -0.05) is 27.7 Å². The summed E-state index contributed by atoms with van der Waals surface area (Å²) in [5.74, 6) is -0.234. The van der Waals surface area contributed by atoms with Crippen LogP contribution in [0.2, 0.25) is 0 Å². The molecule has 0 aliphatic heterocycles. The second-order valence-electron chi connectivity index (χ2n) is 4.09. The Hall–Kier alpha value is -2.18. The van der Waals surface area contributed by atoms with Gasteiger partial charge in [-0.3, -0.25) is 19.9 Å². The molecule has 0 bridgehead atoms. The van der Waals surface area contributed by atoms with Crippen LogP contribution in [-0.2, 0) is 11.8 Å². The quantitative estimate of drug-likeness (QED) is 0.855. The number of imidazole rings is 1. The summed E-state index contributed by atoms with van der Waals surface area (Å²) in [6, 6.07) is 0. The fourth-order valence-corrected chi connectivity index (χ4v) is 1.34. The Bertz CT molecular complexity index is 627. The molecule has 0 saturated carbocycles. The normalized spacial score (nSPS) is 10.2. The van der Waals surface area contributed by atoms with Crippen molar-refractivity contribution in [3.8, 4) is 0 Å². The molecular weight excluding hydrogens is 246 g/mol. The number of carbonyl (C=O) groups is 1. The number of fused-ring (bicyclic) bond motifs is 1. The van der Waals surface area contributed by atoms with Gasteiger partial charge in [-0.05, 0) is 0 Å². The number of hydrogen-bond acceptors (Lipinski definition) is 4. The van der Waals surface area contributed by atoms with Gasteiger partial charge in [-0.2, -0.15) is 4.98 Å². The lowest BCUT2D eigenvalue weighted by Crippen LogP contribution is -2.22. The average molecular weight is 265 g/mol. The number of nitrogens with one attached hydrogen (secondary N) is 2. The van der Waals surface area contributed by atoms with Gasteiger partial charge >= 0.3 is 0 Å². The van der Waals surface area contributed by atoms with Crippen molar-refractivity contribution >= 4 is 23.0 Å². The molecule has 0 aliphatic rings. The monoisotopic (exact) mass is 265 g/mol. The highest BCUT2D eigenvalue weighted by molar-refractivity contribution is 5.90. The smallest absolute Gasteiger partial charge is 0.280 e. The third kappa shape index (κ3) is 3.18. The maximum Gasteiger partial charge on any atom is 0.280 e. The molecule has 0 aliphatic carbocycles. The van der Waals surface area contributed by atoms with E-state index in [1.54, 1.807) is 25.5 Å². The standard InChI is InChI=1S/C10H13N5O2.C2H6/c1-5(2)8(16)13-10-12-7-6(9(17)14-10)11-4-15(7)3;1-2/h4-5H,1-3H3,(H2,12,13,14,16,17);1-2H3. The van der Waals surface area contributed by atoms with Gasteiger partial charge in [0.1, 0.15) is 0 Å². The fraction of sp³-hybridized carbons (Fsp3) is 0.500. The number of aromatic nitrogens is 4. The predicted molar refractivity (Wildman–Crippen MR) is 73.9 cm³/mol. The van der Waals surface area contributed by atoms with Gasteiger partial charge in [0.25, 0.3) is 5.56 Å². The summed E-state index contributed by atoms with van der Waals surface area (Å²) in [4.78, 5) is 33.7. The number of aryl methyl sites for hydroxylation is 1. The topological polar surface area (TPSA) is 92.7 Å². The molecular formula is C12H19N5O2. The molecule has 7 nitrogen and oxygen atoms in total. The van der Waals surface area contributed by atoms with Gasteiger partial charge in [0.15, 0.2) is 11.2 Å². The van der Waals surface area contributed by atoms with E-state index in [0.29, 0.717) is 5.65 Å². The van der Waals surface area contributed by atoms with E-state index in [9.17, 15) is 9.59 Å². The number of amides is 1. The number of aromatic amines is 1. The van der Waals surface area contributed by atoms with Crippen LogP contribution in [0.25, 0.3) is 11.2 Å². The lowest BCUT2D eigenvalue weighted by molar-refractivity contribution is -0.118. The summed E-state index contributed by atoms with van der Waals surface area (Å²) in [5.41, 5.74) is 0.331. The Morgan fingerprint density at radius 3 is 2.63 bits per heavy atom. The molecule has 0 unspecified atom stereocenters. The Labute approximate surface area is 111 Å². The highest BCUT2D eigenvalue weighted by Gasteiger charge is 2.12. The van der Waals surface area contributed by atoms with E-state index in [4.69, 9.17) is 0 Å². The van der Waals surface area contributed by atoms with Crippen LogP contribution in [0.4, 0.5) is 5.95 Å². The molecule has 0 atom stereocenters. The molecule has 2 rings (SSSR count). The van der Waals surface area contributed by atoms with Crippen molar-refractivity contribution in [2.45, 2.75) is 27.7 Å². The minimum atomic E-state index is -0.366. The van der Waals surface area contributed by atoms with Crippen molar-refractivity contribution in [2.24, 2.45) is 13.0 Å². The highest BCUT2D eigenvalue weighted by atomic mass is 16.2. The van der Waals surface area contributed by atoms with E-state index in [2.05, 4.69) is 20.3 Å². The van der Waals surface area contributed by atoms with Crippen LogP contribution in [-0.4, -0.2) is 25.4 Å². The number of hydrogen-bond donors (Lipinski definition) is 2. The molecule has 0 saturated heterocycles. The summed E-state index contributed by atoms with van der Waals surface area (Å²) in [6.07, 6.45) is 1.50. The van der Waals surface area contributed by atoms with Crippen LogP contribution in [0.5, 0.6) is 0 Å². The zero-order chi connectivity index (χ0) is 14.6. The van der Waals surface area contributed by atoms with Gasteiger partial charge in [0.05, 0.1) is 6.33 Å². The first-order chi connectivity index (χ1) is 8.99. The van der Waals surface area contributed by atoms with Crippen LogP contribution < -0.4 is 10.9 Å². The first-order valence-electron chi connectivity index (χ1n) is 6.21. The Morgan fingerprint density at radius 1 is 1.42 bits per heavy atom. The van der Waals surface area contributed by atoms with Crippen molar-refractivity contribution in [3.05, 3.63) is 16.7 Å². The molecule has 104 valence electrons.